The van der Waals surface area contributed by atoms with Crippen molar-refractivity contribution in [2.75, 3.05) is 0 Å². The monoisotopic (exact) mass is 281 g/mol. The Balaban J connectivity index is 1.77. The minimum atomic E-state index is -0.505. The molecule has 2 N–H and O–H groups in total. The lowest BCUT2D eigenvalue weighted by Gasteiger charge is -2.19. The summed E-state index contributed by atoms with van der Waals surface area (Å²) in [5.41, 5.74) is 3.53. The summed E-state index contributed by atoms with van der Waals surface area (Å²) in [6.07, 6.45) is -0.505. The van der Waals surface area contributed by atoms with Crippen LogP contribution < -0.4 is 5.32 Å². The van der Waals surface area contributed by atoms with Crippen molar-refractivity contribution in [1.29, 1.82) is 0 Å². The maximum absolute atomic E-state index is 10.8. The summed E-state index contributed by atoms with van der Waals surface area (Å²) in [5, 5.41) is 17.5. The Kier molecular flexibility index (Phi) is 2.84. The van der Waals surface area contributed by atoms with Gasteiger partial charge >= 0.3 is 0 Å². The molecule has 3 aromatic rings. The van der Waals surface area contributed by atoms with Crippen molar-refractivity contribution in [2.24, 2.45) is 0 Å². The van der Waals surface area contributed by atoms with Gasteiger partial charge < -0.3 is 10.4 Å². The second kappa shape index (κ2) is 4.70. The van der Waals surface area contributed by atoms with Crippen LogP contribution in [0.4, 0.5) is 0 Å². The van der Waals surface area contributed by atoms with Crippen LogP contribution in [0.1, 0.15) is 28.8 Å². The Labute approximate surface area is 121 Å². The lowest BCUT2D eigenvalue weighted by molar-refractivity contribution is 0.135. The summed E-state index contributed by atoms with van der Waals surface area (Å²) in [4.78, 5) is 0. The summed E-state index contributed by atoms with van der Waals surface area (Å²) in [6.45, 7) is 0.833. The number of rotatable bonds is 2. The number of aliphatic hydroxyl groups excluding tert-OH is 1. The van der Waals surface area contributed by atoms with Crippen molar-refractivity contribution in [3.05, 3.63) is 70.6 Å². The fourth-order valence-corrected chi connectivity index (χ4v) is 4.01. The van der Waals surface area contributed by atoms with Gasteiger partial charge in [-0.1, -0.05) is 42.5 Å². The lowest BCUT2D eigenvalue weighted by atomic mass is 9.96. The van der Waals surface area contributed by atoms with E-state index in [1.807, 2.05) is 18.2 Å². The third kappa shape index (κ3) is 1.79. The van der Waals surface area contributed by atoms with Crippen LogP contribution in [0.5, 0.6) is 0 Å². The molecule has 2 unspecified atom stereocenters. The molecule has 3 heteroatoms. The zero-order valence-corrected chi connectivity index (χ0v) is 11.7. The highest BCUT2D eigenvalue weighted by Gasteiger charge is 2.30. The largest absolute Gasteiger partial charge is 0.386 e. The summed E-state index contributed by atoms with van der Waals surface area (Å²) < 4.78 is 1.23. The normalized spacial score (nSPS) is 19.1. The average molecular weight is 281 g/mol. The highest BCUT2D eigenvalue weighted by molar-refractivity contribution is 7.17. The molecule has 0 amide bonds. The quantitative estimate of drug-likeness (QED) is 0.749. The molecule has 0 saturated carbocycles. The molecule has 0 spiro atoms. The Morgan fingerprint density at radius 3 is 2.85 bits per heavy atom. The van der Waals surface area contributed by atoms with Gasteiger partial charge in [0.05, 0.1) is 12.1 Å². The van der Waals surface area contributed by atoms with Crippen molar-refractivity contribution >= 4 is 21.4 Å². The molecule has 1 aromatic heterocycles. The molecule has 0 bridgehead atoms. The molecule has 0 saturated heterocycles. The topological polar surface area (TPSA) is 32.3 Å². The van der Waals surface area contributed by atoms with E-state index in [-0.39, 0.29) is 6.04 Å². The van der Waals surface area contributed by atoms with E-state index in [1.54, 1.807) is 11.3 Å². The Morgan fingerprint density at radius 2 is 1.90 bits per heavy atom. The van der Waals surface area contributed by atoms with Gasteiger partial charge in [-0.3, -0.25) is 0 Å². The maximum Gasteiger partial charge on any atom is 0.0998 e. The molecular weight excluding hydrogens is 266 g/mol. The van der Waals surface area contributed by atoms with Gasteiger partial charge in [-0.25, -0.2) is 0 Å². The molecular formula is C17H15NOS. The van der Waals surface area contributed by atoms with Gasteiger partial charge in [0.2, 0.25) is 0 Å². The smallest absolute Gasteiger partial charge is 0.0998 e. The third-order valence-corrected chi connectivity index (χ3v) is 5.03. The maximum atomic E-state index is 10.8. The number of aliphatic hydroxyl groups is 1. The minimum Gasteiger partial charge on any atom is -0.386 e. The fraction of sp³-hybridized carbons (Fsp3) is 0.176. The van der Waals surface area contributed by atoms with E-state index in [1.165, 1.54) is 15.8 Å². The molecule has 0 radical (unpaired) electrons. The fourth-order valence-electron chi connectivity index (χ4n) is 3.02. The van der Waals surface area contributed by atoms with E-state index < -0.39 is 6.10 Å². The van der Waals surface area contributed by atoms with Crippen LogP contribution in [-0.2, 0) is 6.54 Å². The second-order valence-corrected chi connectivity index (χ2v) is 6.10. The van der Waals surface area contributed by atoms with Crippen LogP contribution in [0.2, 0.25) is 0 Å². The molecule has 2 aromatic carbocycles. The van der Waals surface area contributed by atoms with E-state index >= 15 is 0 Å². The second-order valence-electron chi connectivity index (χ2n) is 5.19. The van der Waals surface area contributed by atoms with Crippen LogP contribution in [-0.4, -0.2) is 5.11 Å². The van der Waals surface area contributed by atoms with Gasteiger partial charge in [-0.2, -0.15) is 0 Å². The first kappa shape index (κ1) is 12.1. The van der Waals surface area contributed by atoms with Gasteiger partial charge in [0.15, 0.2) is 0 Å². The molecule has 2 nitrogen and oxygen atoms in total. The molecule has 4 rings (SSSR count). The van der Waals surface area contributed by atoms with Crippen molar-refractivity contribution in [3.63, 3.8) is 0 Å². The van der Waals surface area contributed by atoms with E-state index in [0.717, 1.165) is 17.5 Å². The lowest BCUT2D eigenvalue weighted by Crippen LogP contribution is -2.20. The predicted octanol–water partition coefficient (Wildman–Crippen LogP) is 3.78. The van der Waals surface area contributed by atoms with Crippen molar-refractivity contribution in [3.8, 4) is 0 Å². The Morgan fingerprint density at radius 1 is 1.10 bits per heavy atom. The predicted molar refractivity (Wildman–Crippen MR) is 82.8 cm³/mol. The molecule has 0 fully saturated rings. The average Bonchev–Trinajstić information content (AvgIpc) is 3.11. The van der Waals surface area contributed by atoms with Crippen molar-refractivity contribution < 1.29 is 5.11 Å². The van der Waals surface area contributed by atoms with Crippen molar-refractivity contribution in [2.45, 2.75) is 18.7 Å². The van der Waals surface area contributed by atoms with E-state index in [2.05, 4.69) is 41.0 Å². The van der Waals surface area contributed by atoms with Gasteiger partial charge in [-0.05, 0) is 28.0 Å². The van der Waals surface area contributed by atoms with Crippen LogP contribution in [0, 0.1) is 0 Å². The van der Waals surface area contributed by atoms with Gasteiger partial charge in [0, 0.05) is 16.8 Å². The first-order valence-corrected chi connectivity index (χ1v) is 7.68. The minimum absolute atomic E-state index is 0.00999. The number of hydrogen-bond acceptors (Lipinski definition) is 3. The molecule has 1 aliphatic heterocycles. The first-order chi connectivity index (χ1) is 9.84. The van der Waals surface area contributed by atoms with E-state index in [4.69, 9.17) is 0 Å². The van der Waals surface area contributed by atoms with Crippen molar-refractivity contribution in [1.82, 2.24) is 5.32 Å². The number of hydrogen-bond donors (Lipinski definition) is 2. The summed E-state index contributed by atoms with van der Waals surface area (Å²) in [5.74, 6) is 0. The SMILES string of the molecule is OC(c1csc2ccccc12)C1NCc2ccccc21. The highest BCUT2D eigenvalue weighted by atomic mass is 32.1. The van der Waals surface area contributed by atoms with Gasteiger partial charge in [0.25, 0.3) is 0 Å². The van der Waals surface area contributed by atoms with Crippen LogP contribution in [0.25, 0.3) is 10.1 Å². The molecule has 1 aliphatic rings. The third-order valence-electron chi connectivity index (χ3n) is 4.05. The molecule has 20 heavy (non-hydrogen) atoms. The highest BCUT2D eigenvalue weighted by Crippen LogP contribution is 2.39. The summed E-state index contributed by atoms with van der Waals surface area (Å²) >= 11 is 1.69. The standard InChI is InChI=1S/C17H15NOS/c19-17(14-10-20-15-8-4-3-7-13(14)15)16-12-6-2-1-5-11(12)9-18-16/h1-8,10,16-19H,9H2. The van der Waals surface area contributed by atoms with Crippen LogP contribution in [0.15, 0.2) is 53.9 Å². The number of benzene rings is 2. The van der Waals surface area contributed by atoms with E-state index in [0.29, 0.717) is 0 Å². The first-order valence-electron chi connectivity index (χ1n) is 6.80. The molecule has 0 aliphatic carbocycles. The molecule has 100 valence electrons. The van der Waals surface area contributed by atoms with Crippen LogP contribution >= 0.6 is 11.3 Å². The Bertz CT molecular complexity index is 764. The number of fused-ring (bicyclic) bond motifs is 2. The van der Waals surface area contributed by atoms with Crippen LogP contribution in [0.3, 0.4) is 0 Å². The Hall–Kier alpha value is -1.68. The van der Waals surface area contributed by atoms with Gasteiger partial charge in [-0.15, -0.1) is 11.3 Å². The zero-order valence-electron chi connectivity index (χ0n) is 10.9. The number of thiophene rings is 1. The zero-order chi connectivity index (χ0) is 13.5. The summed E-state index contributed by atoms with van der Waals surface area (Å²) in [7, 11) is 0. The van der Waals surface area contributed by atoms with E-state index in [9.17, 15) is 5.11 Å². The number of nitrogens with one attached hydrogen (secondary N) is 1. The van der Waals surface area contributed by atoms with Gasteiger partial charge in [0.1, 0.15) is 0 Å². The molecule has 2 atom stereocenters. The summed E-state index contributed by atoms with van der Waals surface area (Å²) in [6, 6.07) is 16.6. The molecule has 2 heterocycles.